The molecule has 0 aliphatic heterocycles. The van der Waals surface area contributed by atoms with Gasteiger partial charge in [0.1, 0.15) is 0 Å². The van der Waals surface area contributed by atoms with Gasteiger partial charge in [0.15, 0.2) is 0 Å². The first-order valence-electron chi connectivity index (χ1n) is 4.38. The van der Waals surface area contributed by atoms with Crippen LogP contribution in [-0.4, -0.2) is 18.1 Å². The van der Waals surface area contributed by atoms with Gasteiger partial charge >= 0.3 is 5.97 Å². The number of rotatable bonds is 3. The zero-order valence-corrected chi connectivity index (χ0v) is 8.36. The summed E-state index contributed by atoms with van der Waals surface area (Å²) in [6.45, 7) is 1.90. The van der Waals surface area contributed by atoms with E-state index in [1.807, 2.05) is 19.1 Å². The van der Waals surface area contributed by atoms with Crippen molar-refractivity contribution in [1.82, 2.24) is 4.98 Å². The Kier molecular flexibility index (Phi) is 3.59. The van der Waals surface area contributed by atoms with Crippen molar-refractivity contribution in [2.24, 2.45) is 5.73 Å². The van der Waals surface area contributed by atoms with Crippen LogP contribution in [0.5, 0.6) is 0 Å². The van der Waals surface area contributed by atoms with Crippen LogP contribution >= 0.6 is 0 Å². The number of esters is 1. The zero-order chi connectivity index (χ0) is 10.6. The number of ether oxygens (including phenoxy) is 1. The highest BCUT2D eigenvalue weighted by atomic mass is 16.5. The van der Waals surface area contributed by atoms with Crippen LogP contribution < -0.4 is 5.73 Å². The first-order valence-corrected chi connectivity index (χ1v) is 4.38. The number of nitrogens with zero attached hydrogens (tertiary/aromatic N) is 1. The van der Waals surface area contributed by atoms with Crippen molar-refractivity contribution in [3.8, 4) is 0 Å². The second-order valence-corrected chi connectivity index (χ2v) is 3.12. The Morgan fingerprint density at radius 1 is 1.64 bits per heavy atom. The average molecular weight is 194 g/mol. The van der Waals surface area contributed by atoms with Crippen LogP contribution in [0.3, 0.4) is 0 Å². The normalized spacial score (nSPS) is 12.2. The van der Waals surface area contributed by atoms with E-state index in [2.05, 4.69) is 9.72 Å². The maximum absolute atomic E-state index is 10.9. The summed E-state index contributed by atoms with van der Waals surface area (Å²) in [4.78, 5) is 15.0. The summed E-state index contributed by atoms with van der Waals surface area (Å²) in [6.07, 6.45) is 1.87. The number of aryl methyl sites for hydroxylation is 1. The molecule has 1 atom stereocenters. The van der Waals surface area contributed by atoms with Crippen molar-refractivity contribution >= 4 is 5.97 Å². The van der Waals surface area contributed by atoms with Gasteiger partial charge in [-0.15, -0.1) is 0 Å². The molecule has 0 amide bonds. The van der Waals surface area contributed by atoms with Crippen molar-refractivity contribution in [2.75, 3.05) is 7.11 Å². The van der Waals surface area contributed by atoms with Gasteiger partial charge in [-0.1, -0.05) is 6.07 Å². The fourth-order valence-corrected chi connectivity index (χ4v) is 1.08. The van der Waals surface area contributed by atoms with E-state index in [0.717, 1.165) is 11.3 Å². The lowest BCUT2D eigenvalue weighted by molar-refractivity contribution is -0.141. The van der Waals surface area contributed by atoms with E-state index in [1.165, 1.54) is 7.11 Å². The predicted molar refractivity (Wildman–Crippen MR) is 52.5 cm³/mol. The lowest BCUT2D eigenvalue weighted by Gasteiger charge is -2.09. The topological polar surface area (TPSA) is 65.2 Å². The number of hydrogen-bond acceptors (Lipinski definition) is 4. The smallest absolute Gasteiger partial charge is 0.307 e. The third kappa shape index (κ3) is 2.81. The van der Waals surface area contributed by atoms with Crippen molar-refractivity contribution in [3.05, 3.63) is 29.6 Å². The van der Waals surface area contributed by atoms with E-state index >= 15 is 0 Å². The molecular formula is C10H14N2O2. The molecule has 0 radical (unpaired) electrons. The quantitative estimate of drug-likeness (QED) is 0.727. The summed E-state index contributed by atoms with van der Waals surface area (Å²) in [5.74, 6) is -0.307. The van der Waals surface area contributed by atoms with Gasteiger partial charge in [0, 0.05) is 17.9 Å². The van der Waals surface area contributed by atoms with Gasteiger partial charge in [0.2, 0.25) is 0 Å². The van der Waals surface area contributed by atoms with Gasteiger partial charge in [-0.05, 0) is 18.6 Å². The van der Waals surface area contributed by atoms with Crippen LogP contribution in [0, 0.1) is 6.92 Å². The third-order valence-electron chi connectivity index (χ3n) is 1.98. The molecule has 4 heteroatoms. The van der Waals surface area contributed by atoms with Crippen LogP contribution in [0.25, 0.3) is 0 Å². The molecule has 0 aliphatic carbocycles. The second kappa shape index (κ2) is 4.72. The van der Waals surface area contributed by atoms with Gasteiger partial charge < -0.3 is 10.5 Å². The molecule has 0 bridgehead atoms. The monoisotopic (exact) mass is 194 g/mol. The molecule has 0 aromatic carbocycles. The van der Waals surface area contributed by atoms with Gasteiger partial charge in [0.05, 0.1) is 13.5 Å². The highest BCUT2D eigenvalue weighted by molar-refractivity contribution is 5.70. The molecule has 1 aromatic rings. The SMILES string of the molecule is COC(=O)C[C@H](N)c1ccc(C)nc1. The molecule has 1 aromatic heterocycles. The molecule has 2 N–H and O–H groups in total. The molecule has 1 heterocycles. The molecule has 0 aliphatic rings. The van der Waals surface area contributed by atoms with Crippen LogP contribution in [0.4, 0.5) is 0 Å². The lowest BCUT2D eigenvalue weighted by Crippen LogP contribution is -2.16. The van der Waals surface area contributed by atoms with E-state index in [1.54, 1.807) is 6.20 Å². The summed E-state index contributed by atoms with van der Waals surface area (Å²) in [5.41, 5.74) is 7.56. The van der Waals surface area contributed by atoms with Gasteiger partial charge in [-0.25, -0.2) is 0 Å². The van der Waals surface area contributed by atoms with Gasteiger partial charge in [-0.3, -0.25) is 9.78 Å². The number of nitrogens with two attached hydrogens (primary N) is 1. The van der Waals surface area contributed by atoms with Crippen LogP contribution in [-0.2, 0) is 9.53 Å². The number of carbonyl (C=O) groups is 1. The Bertz CT molecular complexity index is 308. The van der Waals surface area contributed by atoms with Gasteiger partial charge in [0.25, 0.3) is 0 Å². The minimum Gasteiger partial charge on any atom is -0.469 e. The predicted octanol–water partition coefficient (Wildman–Crippen LogP) is 0.953. The largest absolute Gasteiger partial charge is 0.469 e. The highest BCUT2D eigenvalue weighted by Gasteiger charge is 2.11. The molecule has 14 heavy (non-hydrogen) atoms. The maximum atomic E-state index is 10.9. The van der Waals surface area contributed by atoms with Gasteiger partial charge in [-0.2, -0.15) is 0 Å². The fraction of sp³-hybridized carbons (Fsp3) is 0.400. The molecular weight excluding hydrogens is 180 g/mol. The summed E-state index contributed by atoms with van der Waals surface area (Å²) in [5, 5.41) is 0. The van der Waals surface area contributed by atoms with Crippen molar-refractivity contribution in [2.45, 2.75) is 19.4 Å². The van der Waals surface area contributed by atoms with Crippen molar-refractivity contribution < 1.29 is 9.53 Å². The molecule has 76 valence electrons. The number of hydrogen-bond donors (Lipinski definition) is 1. The van der Waals surface area contributed by atoms with E-state index in [0.29, 0.717) is 0 Å². The molecule has 0 spiro atoms. The van der Waals surface area contributed by atoms with E-state index in [9.17, 15) is 4.79 Å². The molecule has 0 saturated heterocycles. The number of methoxy groups -OCH3 is 1. The average Bonchev–Trinajstić information content (AvgIpc) is 2.18. The van der Waals surface area contributed by atoms with Crippen molar-refractivity contribution in [1.29, 1.82) is 0 Å². The van der Waals surface area contributed by atoms with E-state index < -0.39 is 0 Å². The van der Waals surface area contributed by atoms with Crippen LogP contribution in [0.1, 0.15) is 23.7 Å². The summed E-state index contributed by atoms with van der Waals surface area (Å²) < 4.78 is 4.53. The number of carbonyl (C=O) groups excluding carboxylic acids is 1. The van der Waals surface area contributed by atoms with E-state index in [-0.39, 0.29) is 18.4 Å². The molecule has 1 rings (SSSR count). The Morgan fingerprint density at radius 3 is 2.86 bits per heavy atom. The maximum Gasteiger partial charge on any atom is 0.307 e. The fourth-order valence-electron chi connectivity index (χ4n) is 1.08. The number of pyridine rings is 1. The Morgan fingerprint density at radius 2 is 2.36 bits per heavy atom. The third-order valence-corrected chi connectivity index (χ3v) is 1.98. The molecule has 4 nitrogen and oxygen atoms in total. The number of aromatic nitrogens is 1. The summed E-state index contributed by atoms with van der Waals surface area (Å²) in [7, 11) is 1.35. The zero-order valence-electron chi connectivity index (χ0n) is 8.36. The second-order valence-electron chi connectivity index (χ2n) is 3.12. The van der Waals surface area contributed by atoms with Crippen LogP contribution in [0.15, 0.2) is 18.3 Å². The standard InChI is InChI=1S/C10H14N2O2/c1-7-3-4-8(6-12-7)9(11)5-10(13)14-2/h3-4,6,9H,5,11H2,1-2H3/t9-/m0/s1. The molecule has 0 saturated carbocycles. The first-order chi connectivity index (χ1) is 6.63. The minimum atomic E-state index is -0.337. The van der Waals surface area contributed by atoms with Crippen LogP contribution in [0.2, 0.25) is 0 Å². The lowest BCUT2D eigenvalue weighted by atomic mass is 10.1. The molecule has 0 fully saturated rings. The first kappa shape index (κ1) is 10.7. The Balaban J connectivity index is 2.65. The summed E-state index contributed by atoms with van der Waals surface area (Å²) >= 11 is 0. The Labute approximate surface area is 83.1 Å². The molecule has 0 unspecified atom stereocenters. The minimum absolute atomic E-state index is 0.182. The summed E-state index contributed by atoms with van der Waals surface area (Å²) in [6, 6.07) is 3.40. The highest BCUT2D eigenvalue weighted by Crippen LogP contribution is 2.13. The van der Waals surface area contributed by atoms with Crippen molar-refractivity contribution in [3.63, 3.8) is 0 Å². The Hall–Kier alpha value is -1.42. The van der Waals surface area contributed by atoms with E-state index in [4.69, 9.17) is 5.73 Å².